The molecule has 0 saturated heterocycles. The molecule has 4 nitrogen and oxygen atoms in total. The highest BCUT2D eigenvalue weighted by Gasteiger charge is 2.14. The molecule has 1 N–H and O–H groups in total. The topological polar surface area (TPSA) is 49.8 Å². The van der Waals surface area contributed by atoms with Crippen LogP contribution in [0.5, 0.6) is 5.75 Å². The molecule has 0 heterocycles. The minimum atomic E-state index is -0.887. The van der Waals surface area contributed by atoms with Crippen molar-refractivity contribution < 1.29 is 14.6 Å². The zero-order chi connectivity index (χ0) is 17.5. The summed E-state index contributed by atoms with van der Waals surface area (Å²) < 4.78 is 5.20. The highest BCUT2D eigenvalue weighted by Crippen LogP contribution is 2.16. The molecule has 0 aliphatic carbocycles. The average Bonchev–Trinajstić information content (AvgIpc) is 2.60. The van der Waals surface area contributed by atoms with Gasteiger partial charge in [0.05, 0.1) is 12.7 Å². The number of carboxylic acids is 1. The third kappa shape index (κ3) is 4.83. The lowest BCUT2D eigenvalue weighted by Crippen LogP contribution is -2.34. The summed E-state index contributed by atoms with van der Waals surface area (Å²) in [4.78, 5) is 13.3. The van der Waals surface area contributed by atoms with Gasteiger partial charge < -0.3 is 9.84 Å². The fourth-order valence-electron chi connectivity index (χ4n) is 2.80. The standard InChI is InChI=1S/C20H25NO3/c1-4-21(14-17-5-9-18(10-6-17)20(22)23)15(2)13-16-7-11-19(24-3)12-8-16/h5-12,15H,4,13-14H2,1-3H3,(H,22,23). The van der Waals surface area contributed by atoms with E-state index >= 15 is 0 Å². The van der Waals surface area contributed by atoms with Crippen LogP contribution >= 0.6 is 0 Å². The number of methoxy groups -OCH3 is 1. The predicted molar refractivity (Wildman–Crippen MR) is 95.6 cm³/mol. The van der Waals surface area contributed by atoms with Crippen LogP contribution in [0, 0.1) is 0 Å². The second-order valence-electron chi connectivity index (χ2n) is 5.97. The van der Waals surface area contributed by atoms with E-state index < -0.39 is 5.97 Å². The SMILES string of the molecule is CCN(Cc1ccc(C(=O)O)cc1)C(C)Cc1ccc(OC)cc1. The van der Waals surface area contributed by atoms with Crippen molar-refractivity contribution in [3.8, 4) is 5.75 Å². The van der Waals surface area contributed by atoms with Gasteiger partial charge in [-0.3, -0.25) is 4.90 Å². The first-order valence-electron chi connectivity index (χ1n) is 8.22. The first kappa shape index (κ1) is 18.0. The lowest BCUT2D eigenvalue weighted by Gasteiger charge is -2.28. The van der Waals surface area contributed by atoms with Crippen LogP contribution in [0.15, 0.2) is 48.5 Å². The monoisotopic (exact) mass is 327 g/mol. The highest BCUT2D eigenvalue weighted by molar-refractivity contribution is 5.87. The van der Waals surface area contributed by atoms with Crippen molar-refractivity contribution in [1.29, 1.82) is 0 Å². The van der Waals surface area contributed by atoms with Crippen LogP contribution in [-0.2, 0) is 13.0 Å². The Labute approximate surface area is 143 Å². The number of hydrogen-bond acceptors (Lipinski definition) is 3. The summed E-state index contributed by atoms with van der Waals surface area (Å²) in [6, 6.07) is 15.7. The molecule has 2 rings (SSSR count). The molecule has 128 valence electrons. The molecule has 0 amide bonds. The number of benzene rings is 2. The zero-order valence-electron chi connectivity index (χ0n) is 14.5. The maximum absolute atomic E-state index is 10.9. The Morgan fingerprint density at radius 2 is 1.67 bits per heavy atom. The zero-order valence-corrected chi connectivity index (χ0v) is 14.5. The fraction of sp³-hybridized carbons (Fsp3) is 0.350. The van der Waals surface area contributed by atoms with Crippen LogP contribution in [-0.4, -0.2) is 35.7 Å². The van der Waals surface area contributed by atoms with Gasteiger partial charge in [-0.15, -0.1) is 0 Å². The number of aromatic carboxylic acids is 1. The molecule has 1 atom stereocenters. The van der Waals surface area contributed by atoms with Gasteiger partial charge in [-0.05, 0) is 55.3 Å². The van der Waals surface area contributed by atoms with Gasteiger partial charge in [-0.2, -0.15) is 0 Å². The summed E-state index contributed by atoms with van der Waals surface area (Å²) in [5.74, 6) is -0.0148. The van der Waals surface area contributed by atoms with Crippen molar-refractivity contribution in [1.82, 2.24) is 4.90 Å². The molecule has 0 saturated carbocycles. The minimum absolute atomic E-state index is 0.327. The molecule has 0 aliphatic rings. The quantitative estimate of drug-likeness (QED) is 0.800. The van der Waals surface area contributed by atoms with Gasteiger partial charge in [-0.25, -0.2) is 4.79 Å². The second-order valence-corrected chi connectivity index (χ2v) is 5.97. The lowest BCUT2D eigenvalue weighted by molar-refractivity contribution is 0.0697. The number of ether oxygens (including phenoxy) is 1. The van der Waals surface area contributed by atoms with Crippen LogP contribution in [0.4, 0.5) is 0 Å². The van der Waals surface area contributed by atoms with Gasteiger partial charge in [0.1, 0.15) is 5.75 Å². The van der Waals surface area contributed by atoms with Crippen LogP contribution < -0.4 is 4.74 Å². The first-order valence-corrected chi connectivity index (χ1v) is 8.22. The summed E-state index contributed by atoms with van der Waals surface area (Å²) >= 11 is 0. The summed E-state index contributed by atoms with van der Waals surface area (Å²) in [5.41, 5.74) is 2.74. The maximum atomic E-state index is 10.9. The highest BCUT2D eigenvalue weighted by atomic mass is 16.5. The number of nitrogens with zero attached hydrogens (tertiary/aromatic N) is 1. The normalized spacial score (nSPS) is 12.2. The first-order chi connectivity index (χ1) is 11.5. The summed E-state index contributed by atoms with van der Waals surface area (Å²) in [6.07, 6.45) is 0.963. The fourth-order valence-corrected chi connectivity index (χ4v) is 2.80. The Kier molecular flexibility index (Phi) is 6.38. The van der Waals surface area contributed by atoms with Crippen LogP contribution in [0.3, 0.4) is 0 Å². The molecular weight excluding hydrogens is 302 g/mol. The van der Waals surface area contributed by atoms with Crippen molar-refractivity contribution in [2.24, 2.45) is 0 Å². The van der Waals surface area contributed by atoms with Gasteiger partial charge in [0.2, 0.25) is 0 Å². The molecule has 0 aromatic heterocycles. The van der Waals surface area contributed by atoms with Crippen molar-refractivity contribution >= 4 is 5.97 Å². The molecular formula is C20H25NO3. The van der Waals surface area contributed by atoms with E-state index in [0.29, 0.717) is 11.6 Å². The molecule has 4 heteroatoms. The van der Waals surface area contributed by atoms with E-state index in [1.807, 2.05) is 24.3 Å². The van der Waals surface area contributed by atoms with E-state index in [2.05, 4.69) is 30.9 Å². The number of hydrogen-bond donors (Lipinski definition) is 1. The van der Waals surface area contributed by atoms with Crippen LogP contribution in [0.1, 0.15) is 35.3 Å². The molecule has 0 fully saturated rings. The Morgan fingerprint density at radius 3 is 2.17 bits per heavy atom. The van der Waals surface area contributed by atoms with Gasteiger partial charge in [0, 0.05) is 12.6 Å². The molecule has 0 bridgehead atoms. The molecule has 24 heavy (non-hydrogen) atoms. The second kappa shape index (κ2) is 8.50. The van der Waals surface area contributed by atoms with E-state index in [4.69, 9.17) is 9.84 Å². The molecule has 0 spiro atoms. The predicted octanol–water partition coefficient (Wildman–Crippen LogP) is 3.85. The van der Waals surface area contributed by atoms with Gasteiger partial charge >= 0.3 is 5.97 Å². The number of likely N-dealkylation sites (N-methyl/N-ethyl adjacent to an activating group) is 1. The van der Waals surface area contributed by atoms with E-state index in [-0.39, 0.29) is 0 Å². The summed E-state index contributed by atoms with van der Waals surface area (Å²) in [6.45, 7) is 6.13. The van der Waals surface area contributed by atoms with Gasteiger partial charge in [0.15, 0.2) is 0 Å². The third-order valence-electron chi connectivity index (χ3n) is 4.31. The molecule has 1 unspecified atom stereocenters. The Hall–Kier alpha value is -2.33. The molecule has 2 aromatic carbocycles. The number of rotatable bonds is 8. The Morgan fingerprint density at radius 1 is 1.08 bits per heavy atom. The van der Waals surface area contributed by atoms with E-state index in [9.17, 15) is 4.79 Å². The molecule has 2 aromatic rings. The number of carbonyl (C=O) groups is 1. The van der Waals surface area contributed by atoms with Gasteiger partial charge in [0.25, 0.3) is 0 Å². The summed E-state index contributed by atoms with van der Waals surface area (Å²) in [5, 5.41) is 8.97. The third-order valence-corrected chi connectivity index (χ3v) is 4.31. The van der Waals surface area contributed by atoms with Crippen LogP contribution in [0.25, 0.3) is 0 Å². The minimum Gasteiger partial charge on any atom is -0.497 e. The van der Waals surface area contributed by atoms with Crippen molar-refractivity contribution in [3.63, 3.8) is 0 Å². The summed E-state index contributed by atoms with van der Waals surface area (Å²) in [7, 11) is 1.67. The smallest absolute Gasteiger partial charge is 0.335 e. The molecule has 0 aliphatic heterocycles. The van der Waals surface area contributed by atoms with Gasteiger partial charge in [-0.1, -0.05) is 31.2 Å². The van der Waals surface area contributed by atoms with Crippen molar-refractivity contribution in [3.05, 3.63) is 65.2 Å². The molecule has 0 radical (unpaired) electrons. The van der Waals surface area contributed by atoms with Crippen molar-refractivity contribution in [2.45, 2.75) is 32.9 Å². The number of carboxylic acid groups (broad SMARTS) is 1. The Balaban J connectivity index is 1.99. The van der Waals surface area contributed by atoms with E-state index in [0.717, 1.165) is 30.8 Å². The maximum Gasteiger partial charge on any atom is 0.335 e. The average molecular weight is 327 g/mol. The largest absolute Gasteiger partial charge is 0.497 e. The Bertz CT molecular complexity index is 650. The van der Waals surface area contributed by atoms with E-state index in [1.54, 1.807) is 19.2 Å². The lowest BCUT2D eigenvalue weighted by atomic mass is 10.0. The van der Waals surface area contributed by atoms with E-state index in [1.165, 1.54) is 5.56 Å². The van der Waals surface area contributed by atoms with Crippen LogP contribution in [0.2, 0.25) is 0 Å². The van der Waals surface area contributed by atoms with Crippen molar-refractivity contribution in [2.75, 3.05) is 13.7 Å².